The number of nitrogens with zero attached hydrogens (tertiary/aromatic N) is 2. The molecule has 0 amide bonds. The molecule has 0 aliphatic heterocycles. The Balaban J connectivity index is 1.05. The first kappa shape index (κ1) is 43.3. The Labute approximate surface area is 423 Å². The average molecular weight is 923 g/mol. The van der Waals surface area contributed by atoms with Crippen LogP contribution in [0, 0.1) is 0 Å². The van der Waals surface area contributed by atoms with Gasteiger partial charge in [-0.2, -0.15) is 0 Å². The highest BCUT2D eigenvalue weighted by atomic mass is 15.2. The minimum absolute atomic E-state index is 0.162. The van der Waals surface area contributed by atoms with Crippen LogP contribution in [0.2, 0.25) is 0 Å². The van der Waals surface area contributed by atoms with Crippen molar-refractivity contribution >= 4 is 44.9 Å². The summed E-state index contributed by atoms with van der Waals surface area (Å²) in [5.74, 6) is 0. The summed E-state index contributed by atoms with van der Waals surface area (Å²) in [6.07, 6.45) is 0. The van der Waals surface area contributed by atoms with Gasteiger partial charge in [0.15, 0.2) is 0 Å². The highest BCUT2D eigenvalue weighted by Crippen LogP contribution is 2.53. The van der Waals surface area contributed by atoms with E-state index in [1.165, 1.54) is 77.5 Å². The van der Waals surface area contributed by atoms with E-state index in [4.69, 9.17) is 0 Å². The number of hydrogen-bond donors (Lipinski definition) is 0. The molecule has 2 aliphatic carbocycles. The molecule has 0 atom stereocenters. The second-order valence-electron chi connectivity index (χ2n) is 20.5. The summed E-state index contributed by atoms with van der Waals surface area (Å²) >= 11 is 0. The molecular formula is C70H54N2. The van der Waals surface area contributed by atoms with E-state index in [2.05, 4.69) is 292 Å². The van der Waals surface area contributed by atoms with E-state index >= 15 is 0 Å². The van der Waals surface area contributed by atoms with Gasteiger partial charge in [0, 0.05) is 45.0 Å². The SMILES string of the molecule is CC1(C)c2ccccc2-c2ccc(N(c3ccccc3)c3cc(-c4cccc(-c5ccc6ccccc6c5-c5ccccc5)c4)cc(N(c4ccccc4)c4ccc5c(c4)C(C)(C)c4ccccc4-5)c3)cc21. The van der Waals surface area contributed by atoms with Gasteiger partial charge in [0.05, 0.1) is 0 Å². The monoisotopic (exact) mass is 922 g/mol. The fourth-order valence-electron chi connectivity index (χ4n) is 12.0. The molecule has 11 aromatic carbocycles. The van der Waals surface area contributed by atoms with E-state index in [0.29, 0.717) is 0 Å². The van der Waals surface area contributed by atoms with Gasteiger partial charge in [-0.05, 0) is 161 Å². The second-order valence-corrected chi connectivity index (χ2v) is 20.5. The zero-order chi connectivity index (χ0) is 48.6. The zero-order valence-electron chi connectivity index (χ0n) is 41.1. The standard InChI is InChI=1S/C70H54N2/c1-69(2)64-33-18-16-31-60(64)62-39-36-54(45-66(62)69)71(52-26-10-6-11-27-52)56-42-51(49-24-20-25-50(41-49)59-38-35-47-21-14-15-30-58(47)68(59)48-22-8-5-9-23-48)43-57(44-56)72(53-28-12-7-13-29-53)55-37-40-63-61-32-17-19-34-65(61)70(3,4)67(63)46-55/h5-46H,1-4H3. The van der Waals surface area contributed by atoms with Crippen molar-refractivity contribution in [1.82, 2.24) is 0 Å². The number of benzene rings is 11. The lowest BCUT2D eigenvalue weighted by Crippen LogP contribution is -2.17. The second kappa shape index (κ2) is 17.0. The molecule has 0 saturated heterocycles. The third kappa shape index (κ3) is 7.09. The van der Waals surface area contributed by atoms with Crippen LogP contribution in [0.15, 0.2) is 255 Å². The Hall–Kier alpha value is -8.72. The van der Waals surface area contributed by atoms with Crippen molar-refractivity contribution in [2.24, 2.45) is 0 Å². The Morgan fingerprint density at radius 3 is 1.26 bits per heavy atom. The van der Waals surface area contributed by atoms with Gasteiger partial charge in [-0.15, -0.1) is 0 Å². The Morgan fingerprint density at radius 2 is 0.694 bits per heavy atom. The maximum atomic E-state index is 2.46. The van der Waals surface area contributed by atoms with Crippen LogP contribution >= 0.6 is 0 Å². The molecule has 2 aliphatic rings. The van der Waals surface area contributed by atoms with Crippen LogP contribution in [-0.2, 0) is 10.8 Å². The number of fused-ring (bicyclic) bond motifs is 7. The summed E-state index contributed by atoms with van der Waals surface area (Å²) in [6, 6.07) is 94.3. The summed E-state index contributed by atoms with van der Waals surface area (Å²) in [7, 11) is 0. The van der Waals surface area contributed by atoms with Gasteiger partial charge in [-0.1, -0.05) is 210 Å². The Bertz CT molecular complexity index is 3700. The van der Waals surface area contributed by atoms with Crippen molar-refractivity contribution < 1.29 is 0 Å². The summed E-state index contributed by atoms with van der Waals surface area (Å²) in [5.41, 5.74) is 24.0. The highest BCUT2D eigenvalue weighted by Gasteiger charge is 2.37. The van der Waals surface area contributed by atoms with Crippen LogP contribution in [-0.4, -0.2) is 0 Å². The first-order chi connectivity index (χ1) is 35.2. The molecule has 11 aromatic rings. The first-order valence-electron chi connectivity index (χ1n) is 25.2. The lowest BCUT2D eigenvalue weighted by molar-refractivity contribution is 0.660. The minimum Gasteiger partial charge on any atom is -0.310 e. The van der Waals surface area contributed by atoms with E-state index in [1.54, 1.807) is 0 Å². The predicted octanol–water partition coefficient (Wildman–Crippen LogP) is 19.4. The van der Waals surface area contributed by atoms with Crippen LogP contribution in [0.5, 0.6) is 0 Å². The van der Waals surface area contributed by atoms with Gasteiger partial charge < -0.3 is 9.80 Å². The van der Waals surface area contributed by atoms with Crippen LogP contribution in [0.4, 0.5) is 34.1 Å². The topological polar surface area (TPSA) is 6.48 Å². The fourth-order valence-corrected chi connectivity index (χ4v) is 12.0. The molecule has 0 fully saturated rings. The molecule has 2 nitrogen and oxygen atoms in total. The molecule has 344 valence electrons. The molecule has 13 rings (SSSR count). The molecule has 0 saturated carbocycles. The number of para-hydroxylation sites is 2. The molecule has 0 bridgehead atoms. The van der Waals surface area contributed by atoms with Crippen molar-refractivity contribution in [2.75, 3.05) is 9.80 Å². The summed E-state index contributed by atoms with van der Waals surface area (Å²) in [5, 5.41) is 2.47. The predicted molar refractivity (Wildman–Crippen MR) is 305 cm³/mol. The van der Waals surface area contributed by atoms with Crippen molar-refractivity contribution in [2.45, 2.75) is 38.5 Å². The van der Waals surface area contributed by atoms with E-state index < -0.39 is 0 Å². The van der Waals surface area contributed by atoms with E-state index in [-0.39, 0.29) is 10.8 Å². The quantitative estimate of drug-likeness (QED) is 0.142. The van der Waals surface area contributed by atoms with E-state index in [0.717, 1.165) is 45.3 Å². The molecule has 72 heavy (non-hydrogen) atoms. The molecule has 0 spiro atoms. The summed E-state index contributed by atoms with van der Waals surface area (Å²) in [4.78, 5) is 4.91. The van der Waals surface area contributed by atoms with Gasteiger partial charge in [0.2, 0.25) is 0 Å². The van der Waals surface area contributed by atoms with Crippen LogP contribution in [0.25, 0.3) is 66.4 Å². The van der Waals surface area contributed by atoms with Gasteiger partial charge in [-0.25, -0.2) is 0 Å². The molecule has 0 aromatic heterocycles. The minimum atomic E-state index is -0.162. The third-order valence-corrected chi connectivity index (χ3v) is 15.6. The van der Waals surface area contributed by atoms with Gasteiger partial charge in [0.25, 0.3) is 0 Å². The van der Waals surface area contributed by atoms with E-state index in [9.17, 15) is 0 Å². The Kier molecular flexibility index (Phi) is 10.2. The highest BCUT2D eigenvalue weighted by molar-refractivity contribution is 6.04. The lowest BCUT2D eigenvalue weighted by Gasteiger charge is -2.32. The summed E-state index contributed by atoms with van der Waals surface area (Å²) < 4.78 is 0. The number of hydrogen-bond acceptors (Lipinski definition) is 2. The zero-order valence-corrected chi connectivity index (χ0v) is 41.1. The fraction of sp³-hybridized carbons (Fsp3) is 0.0857. The average Bonchev–Trinajstić information content (AvgIpc) is 3.80. The maximum absolute atomic E-state index is 2.46. The molecular weight excluding hydrogens is 869 g/mol. The van der Waals surface area contributed by atoms with Crippen molar-refractivity contribution in [3.05, 3.63) is 277 Å². The number of anilines is 6. The molecule has 0 unspecified atom stereocenters. The van der Waals surface area contributed by atoms with Crippen LogP contribution in [0.1, 0.15) is 49.9 Å². The molecule has 0 heterocycles. The third-order valence-electron chi connectivity index (χ3n) is 15.6. The molecule has 0 radical (unpaired) electrons. The normalized spacial score (nSPS) is 13.5. The number of rotatable bonds is 9. The van der Waals surface area contributed by atoms with Gasteiger partial charge in [-0.3, -0.25) is 0 Å². The summed E-state index contributed by atoms with van der Waals surface area (Å²) in [6.45, 7) is 9.47. The van der Waals surface area contributed by atoms with Crippen molar-refractivity contribution in [3.8, 4) is 55.6 Å². The van der Waals surface area contributed by atoms with E-state index in [1.807, 2.05) is 0 Å². The van der Waals surface area contributed by atoms with Crippen LogP contribution < -0.4 is 9.80 Å². The van der Waals surface area contributed by atoms with Gasteiger partial charge >= 0.3 is 0 Å². The smallest absolute Gasteiger partial charge is 0.0488 e. The van der Waals surface area contributed by atoms with Crippen molar-refractivity contribution in [3.63, 3.8) is 0 Å². The largest absolute Gasteiger partial charge is 0.310 e. The molecule has 2 heteroatoms. The van der Waals surface area contributed by atoms with Crippen molar-refractivity contribution in [1.29, 1.82) is 0 Å². The van der Waals surface area contributed by atoms with Gasteiger partial charge in [0.1, 0.15) is 0 Å². The first-order valence-corrected chi connectivity index (χ1v) is 25.2. The maximum Gasteiger partial charge on any atom is 0.0488 e. The van der Waals surface area contributed by atoms with Crippen LogP contribution in [0.3, 0.4) is 0 Å². The Morgan fingerprint density at radius 1 is 0.250 bits per heavy atom. The molecule has 0 N–H and O–H groups in total. The lowest BCUT2D eigenvalue weighted by atomic mass is 9.82.